The largest absolute Gasteiger partial charge is 0.493 e. The maximum atomic E-state index is 12.5. The van der Waals surface area contributed by atoms with Crippen molar-refractivity contribution in [2.24, 2.45) is 0 Å². The highest BCUT2D eigenvalue weighted by Crippen LogP contribution is 2.19. The summed E-state index contributed by atoms with van der Waals surface area (Å²) in [6.45, 7) is 6.63. The van der Waals surface area contributed by atoms with Crippen LogP contribution in [0.15, 0.2) is 18.2 Å². The second-order valence-corrected chi connectivity index (χ2v) is 7.35. The van der Waals surface area contributed by atoms with E-state index in [-0.39, 0.29) is 24.4 Å². The van der Waals surface area contributed by atoms with Crippen LogP contribution in [0, 0.1) is 13.8 Å². The Labute approximate surface area is 166 Å². The zero-order valence-corrected chi connectivity index (χ0v) is 16.9. The Morgan fingerprint density at radius 2 is 1.93 bits per heavy atom. The summed E-state index contributed by atoms with van der Waals surface area (Å²) >= 11 is 0. The lowest BCUT2D eigenvalue weighted by Crippen LogP contribution is -2.43. The maximum Gasteiger partial charge on any atom is 0.323 e. The number of benzene rings is 1. The van der Waals surface area contributed by atoms with Gasteiger partial charge in [0, 0.05) is 26.1 Å². The average molecular weight is 390 g/mol. The van der Waals surface area contributed by atoms with Crippen LogP contribution in [0.1, 0.15) is 43.7 Å². The molecule has 0 aliphatic carbocycles. The van der Waals surface area contributed by atoms with Crippen molar-refractivity contribution >= 4 is 17.8 Å². The smallest absolute Gasteiger partial charge is 0.323 e. The molecule has 0 saturated carbocycles. The Hall–Kier alpha value is -2.57. The first kappa shape index (κ1) is 21.7. The Bertz CT molecular complexity index is 719. The maximum absolute atomic E-state index is 12.5. The molecule has 1 aliphatic heterocycles. The number of nitrogens with zero attached hydrogens (tertiary/aromatic N) is 2. The van der Waals surface area contributed by atoms with Crippen molar-refractivity contribution < 1.29 is 24.2 Å². The van der Waals surface area contributed by atoms with Crippen molar-refractivity contribution in [2.75, 3.05) is 26.2 Å². The number of aliphatic carboxylic acids is 1. The second-order valence-electron chi connectivity index (χ2n) is 7.35. The Kier molecular flexibility index (Phi) is 7.84. The van der Waals surface area contributed by atoms with Gasteiger partial charge in [-0.2, -0.15) is 0 Å². The van der Waals surface area contributed by atoms with Crippen molar-refractivity contribution in [1.29, 1.82) is 0 Å². The van der Waals surface area contributed by atoms with Crippen molar-refractivity contribution in [2.45, 2.75) is 52.5 Å². The molecule has 1 aromatic rings. The molecular weight excluding hydrogens is 360 g/mol. The fourth-order valence-electron chi connectivity index (χ4n) is 3.50. The molecule has 1 fully saturated rings. The zero-order chi connectivity index (χ0) is 20.7. The number of carboxylic acids is 1. The molecule has 154 valence electrons. The van der Waals surface area contributed by atoms with Crippen LogP contribution in [0.5, 0.6) is 5.75 Å². The van der Waals surface area contributed by atoms with Crippen LogP contribution in [-0.2, 0) is 14.4 Å². The van der Waals surface area contributed by atoms with Gasteiger partial charge >= 0.3 is 5.97 Å². The van der Waals surface area contributed by atoms with Gasteiger partial charge < -0.3 is 19.6 Å². The Morgan fingerprint density at radius 1 is 1.18 bits per heavy atom. The third kappa shape index (κ3) is 6.25. The second kappa shape index (κ2) is 10.1. The van der Waals surface area contributed by atoms with E-state index in [0.29, 0.717) is 39.0 Å². The predicted octanol–water partition coefficient (Wildman–Crippen LogP) is 2.39. The Morgan fingerprint density at radius 3 is 2.57 bits per heavy atom. The van der Waals surface area contributed by atoms with Crippen LogP contribution in [0.3, 0.4) is 0 Å². The topological polar surface area (TPSA) is 87.2 Å². The number of hydrogen-bond acceptors (Lipinski definition) is 4. The number of carboxylic acid groups (broad SMARTS) is 1. The third-order valence-corrected chi connectivity index (χ3v) is 5.26. The van der Waals surface area contributed by atoms with E-state index in [4.69, 9.17) is 9.84 Å². The summed E-state index contributed by atoms with van der Waals surface area (Å²) in [5, 5.41) is 9.02. The van der Waals surface area contributed by atoms with E-state index in [0.717, 1.165) is 17.7 Å². The Balaban J connectivity index is 1.83. The number of amides is 2. The molecule has 1 aromatic carbocycles. The summed E-state index contributed by atoms with van der Waals surface area (Å²) in [5.41, 5.74) is 2.35. The van der Waals surface area contributed by atoms with Crippen molar-refractivity contribution in [3.05, 3.63) is 29.3 Å². The fraction of sp³-hybridized carbons (Fsp3) is 0.571. The quantitative estimate of drug-likeness (QED) is 0.772. The lowest BCUT2D eigenvalue weighted by atomic mass is 10.1. The van der Waals surface area contributed by atoms with Gasteiger partial charge in [0.2, 0.25) is 11.8 Å². The monoisotopic (exact) mass is 390 g/mol. The van der Waals surface area contributed by atoms with Gasteiger partial charge in [-0.1, -0.05) is 6.07 Å². The van der Waals surface area contributed by atoms with Crippen LogP contribution < -0.4 is 4.74 Å². The standard InChI is InChI=1S/C21H30N2O5/c1-15-6-7-19(13-16(15)2)28-12-9-20(25)22-10-4-5-18(8-11-22)23(17(3)24)14-21(26)27/h6-7,13,18H,4-5,8-12,14H2,1-3H3,(H,26,27). The highest BCUT2D eigenvalue weighted by molar-refractivity contribution is 5.80. The van der Waals surface area contributed by atoms with Gasteiger partial charge in [-0.15, -0.1) is 0 Å². The van der Waals surface area contributed by atoms with Crippen molar-refractivity contribution in [1.82, 2.24) is 9.80 Å². The first-order valence-corrected chi connectivity index (χ1v) is 9.74. The van der Waals surface area contributed by atoms with Gasteiger partial charge in [-0.3, -0.25) is 14.4 Å². The molecule has 7 nitrogen and oxygen atoms in total. The molecule has 1 heterocycles. The van der Waals surface area contributed by atoms with E-state index in [1.54, 1.807) is 4.90 Å². The molecule has 28 heavy (non-hydrogen) atoms. The molecule has 0 radical (unpaired) electrons. The molecule has 1 atom stereocenters. The minimum absolute atomic E-state index is 0.0251. The van der Waals surface area contributed by atoms with Gasteiger partial charge in [-0.25, -0.2) is 0 Å². The molecule has 2 amide bonds. The van der Waals surface area contributed by atoms with E-state index >= 15 is 0 Å². The summed E-state index contributed by atoms with van der Waals surface area (Å²) in [7, 11) is 0. The molecule has 1 unspecified atom stereocenters. The summed E-state index contributed by atoms with van der Waals surface area (Å²) in [5.74, 6) is -0.473. The molecule has 1 aliphatic rings. The summed E-state index contributed by atoms with van der Waals surface area (Å²) in [6.07, 6.45) is 2.34. The fourth-order valence-corrected chi connectivity index (χ4v) is 3.50. The van der Waals surface area contributed by atoms with Gasteiger partial charge in [-0.05, 0) is 56.4 Å². The normalized spacial score (nSPS) is 17.0. The van der Waals surface area contributed by atoms with Crippen LogP contribution >= 0.6 is 0 Å². The highest BCUT2D eigenvalue weighted by Gasteiger charge is 2.27. The average Bonchev–Trinajstić information content (AvgIpc) is 2.88. The van der Waals surface area contributed by atoms with Crippen LogP contribution in [0.4, 0.5) is 0 Å². The summed E-state index contributed by atoms with van der Waals surface area (Å²) in [4.78, 5) is 38.5. The van der Waals surface area contributed by atoms with Gasteiger partial charge in [0.25, 0.3) is 0 Å². The summed E-state index contributed by atoms with van der Waals surface area (Å²) in [6, 6.07) is 5.73. The molecule has 0 aromatic heterocycles. The third-order valence-electron chi connectivity index (χ3n) is 5.26. The predicted molar refractivity (Wildman–Crippen MR) is 105 cm³/mol. The first-order valence-electron chi connectivity index (χ1n) is 9.74. The van der Waals surface area contributed by atoms with E-state index in [1.807, 2.05) is 32.0 Å². The molecule has 7 heteroatoms. The zero-order valence-electron chi connectivity index (χ0n) is 16.9. The first-order chi connectivity index (χ1) is 13.3. The number of carbonyl (C=O) groups excluding carboxylic acids is 2. The van der Waals surface area contributed by atoms with Crippen molar-refractivity contribution in [3.8, 4) is 5.75 Å². The van der Waals surface area contributed by atoms with E-state index in [9.17, 15) is 14.4 Å². The lowest BCUT2D eigenvalue weighted by molar-refractivity contribution is -0.145. The van der Waals surface area contributed by atoms with Gasteiger partial charge in [0.1, 0.15) is 12.3 Å². The number of ether oxygens (including phenoxy) is 1. The van der Waals surface area contributed by atoms with Crippen molar-refractivity contribution in [3.63, 3.8) is 0 Å². The number of hydrogen-bond donors (Lipinski definition) is 1. The molecule has 0 bridgehead atoms. The van der Waals surface area contributed by atoms with Gasteiger partial charge in [0.05, 0.1) is 13.0 Å². The molecule has 1 saturated heterocycles. The number of rotatable bonds is 7. The van der Waals surface area contributed by atoms with Crippen LogP contribution in [0.2, 0.25) is 0 Å². The number of aryl methyl sites for hydroxylation is 2. The molecular formula is C21H30N2O5. The van der Waals surface area contributed by atoms with Gasteiger partial charge in [0.15, 0.2) is 0 Å². The molecule has 2 rings (SSSR count). The summed E-state index contributed by atoms with van der Waals surface area (Å²) < 4.78 is 5.70. The molecule has 1 N–H and O–H groups in total. The van der Waals surface area contributed by atoms with Crippen LogP contribution in [-0.4, -0.2) is 65.0 Å². The van der Waals surface area contributed by atoms with E-state index < -0.39 is 5.97 Å². The number of carbonyl (C=O) groups is 3. The minimum atomic E-state index is -1.02. The van der Waals surface area contributed by atoms with E-state index in [2.05, 4.69) is 0 Å². The molecule has 0 spiro atoms. The highest BCUT2D eigenvalue weighted by atomic mass is 16.5. The minimum Gasteiger partial charge on any atom is -0.493 e. The lowest BCUT2D eigenvalue weighted by Gasteiger charge is -2.28. The van der Waals surface area contributed by atoms with E-state index in [1.165, 1.54) is 17.4 Å². The van der Waals surface area contributed by atoms with Crippen LogP contribution in [0.25, 0.3) is 0 Å². The SMILES string of the molecule is CC(=O)N(CC(=O)O)C1CCCN(C(=O)CCOc2ccc(C)c(C)c2)CC1. The number of likely N-dealkylation sites (tertiary alicyclic amines) is 1.